The molecule has 0 spiro atoms. The Labute approximate surface area is 160 Å². The van der Waals surface area contributed by atoms with Crippen LogP contribution in [0.25, 0.3) is 0 Å². The van der Waals surface area contributed by atoms with Crippen molar-refractivity contribution in [3.63, 3.8) is 0 Å². The minimum Gasteiger partial charge on any atom is -0.350 e. The summed E-state index contributed by atoms with van der Waals surface area (Å²) in [6.07, 6.45) is 0. The summed E-state index contributed by atoms with van der Waals surface area (Å²) in [6.45, 7) is 3.40. The fourth-order valence-corrected chi connectivity index (χ4v) is 2.46. The van der Waals surface area contributed by atoms with Crippen LogP contribution >= 0.6 is 15.9 Å². The minimum absolute atomic E-state index is 0.138. The predicted octanol–water partition coefficient (Wildman–Crippen LogP) is 2.84. The van der Waals surface area contributed by atoms with Crippen molar-refractivity contribution >= 4 is 39.3 Å². The predicted molar refractivity (Wildman–Crippen MR) is 104 cm³/mol. The summed E-state index contributed by atoms with van der Waals surface area (Å²) in [5.41, 5.74) is 2.07. The highest BCUT2D eigenvalue weighted by molar-refractivity contribution is 9.10. The lowest BCUT2D eigenvalue weighted by Crippen LogP contribution is -2.44. The smallest absolute Gasteiger partial charge is 0.251 e. The monoisotopic (exact) mass is 417 g/mol. The highest BCUT2D eigenvalue weighted by Gasteiger charge is 2.16. The summed E-state index contributed by atoms with van der Waals surface area (Å²) in [7, 11) is 0. The average molecular weight is 418 g/mol. The first-order valence-electron chi connectivity index (χ1n) is 8.06. The number of rotatable bonds is 6. The van der Waals surface area contributed by atoms with Gasteiger partial charge in [-0.3, -0.25) is 14.4 Å². The fourth-order valence-electron chi connectivity index (χ4n) is 2.20. The van der Waals surface area contributed by atoms with Crippen molar-refractivity contribution < 1.29 is 14.4 Å². The average Bonchev–Trinajstić information content (AvgIpc) is 2.60. The Morgan fingerprint density at radius 2 is 1.62 bits per heavy atom. The van der Waals surface area contributed by atoms with Crippen LogP contribution in [0, 0.1) is 0 Å². The molecule has 0 heterocycles. The summed E-state index contributed by atoms with van der Waals surface area (Å²) < 4.78 is 0.879. The number of nitrogens with one attached hydrogen (secondary N) is 3. The largest absolute Gasteiger partial charge is 0.350 e. The maximum Gasteiger partial charge on any atom is 0.251 e. The number of carbonyl (C=O) groups excluding carboxylic acids is 3. The fraction of sp³-hybridized carbons (Fsp3) is 0.211. The first kappa shape index (κ1) is 19.7. The van der Waals surface area contributed by atoms with Gasteiger partial charge in [0.05, 0.1) is 0 Å². The van der Waals surface area contributed by atoms with Crippen molar-refractivity contribution in [3.8, 4) is 0 Å². The standard InChI is InChI=1S/C19H20BrN3O3/c1-12(22-19(26)15-5-7-16(20)8-6-15)18(25)21-11-14-3-9-17(10-4-14)23-13(2)24/h3-10,12H,11H2,1-2H3,(H,21,25)(H,22,26)(H,23,24)/t12-/m1/s1. The van der Waals surface area contributed by atoms with Crippen LogP contribution in [0.3, 0.4) is 0 Å². The molecule has 0 bridgehead atoms. The first-order valence-corrected chi connectivity index (χ1v) is 8.85. The molecule has 3 amide bonds. The zero-order chi connectivity index (χ0) is 19.1. The number of hydrogen-bond donors (Lipinski definition) is 3. The second kappa shape index (κ2) is 9.15. The number of hydrogen-bond acceptors (Lipinski definition) is 3. The zero-order valence-corrected chi connectivity index (χ0v) is 16.1. The van der Waals surface area contributed by atoms with Crippen LogP contribution in [0.5, 0.6) is 0 Å². The number of carbonyl (C=O) groups is 3. The lowest BCUT2D eigenvalue weighted by atomic mass is 10.2. The number of amides is 3. The van der Waals surface area contributed by atoms with Gasteiger partial charge < -0.3 is 16.0 Å². The highest BCUT2D eigenvalue weighted by atomic mass is 79.9. The van der Waals surface area contributed by atoms with Crippen LogP contribution < -0.4 is 16.0 Å². The minimum atomic E-state index is -0.662. The number of benzene rings is 2. The van der Waals surface area contributed by atoms with Gasteiger partial charge in [0.2, 0.25) is 11.8 Å². The van der Waals surface area contributed by atoms with Gasteiger partial charge in [-0.15, -0.1) is 0 Å². The van der Waals surface area contributed by atoms with E-state index in [0.29, 0.717) is 17.8 Å². The van der Waals surface area contributed by atoms with E-state index in [9.17, 15) is 14.4 Å². The third-order valence-corrected chi connectivity index (χ3v) is 4.12. The molecule has 3 N–H and O–H groups in total. The molecule has 0 aromatic heterocycles. The van der Waals surface area contributed by atoms with E-state index < -0.39 is 6.04 Å². The second-order valence-electron chi connectivity index (χ2n) is 5.80. The Hall–Kier alpha value is -2.67. The molecule has 0 fully saturated rings. The molecular weight excluding hydrogens is 398 g/mol. The summed E-state index contributed by atoms with van der Waals surface area (Å²) >= 11 is 3.31. The van der Waals surface area contributed by atoms with Gasteiger partial charge in [-0.05, 0) is 48.9 Å². The third-order valence-electron chi connectivity index (χ3n) is 3.59. The van der Waals surface area contributed by atoms with Crippen molar-refractivity contribution in [1.82, 2.24) is 10.6 Å². The van der Waals surface area contributed by atoms with Crippen LogP contribution in [0.15, 0.2) is 53.0 Å². The second-order valence-corrected chi connectivity index (χ2v) is 6.71. The van der Waals surface area contributed by atoms with Crippen molar-refractivity contribution in [2.75, 3.05) is 5.32 Å². The molecule has 0 aliphatic heterocycles. The molecule has 1 atom stereocenters. The lowest BCUT2D eigenvalue weighted by Gasteiger charge is -2.14. The molecule has 7 heteroatoms. The van der Waals surface area contributed by atoms with Gasteiger partial charge in [0.15, 0.2) is 0 Å². The van der Waals surface area contributed by atoms with Crippen LogP contribution in [-0.2, 0) is 16.1 Å². The van der Waals surface area contributed by atoms with E-state index in [1.165, 1.54) is 6.92 Å². The molecule has 2 rings (SSSR count). The molecule has 0 saturated heterocycles. The van der Waals surface area contributed by atoms with Crippen LogP contribution in [-0.4, -0.2) is 23.8 Å². The molecule has 136 valence electrons. The normalized spacial score (nSPS) is 11.3. The van der Waals surface area contributed by atoms with Gasteiger partial charge in [-0.1, -0.05) is 28.1 Å². The van der Waals surface area contributed by atoms with Crippen LogP contribution in [0.1, 0.15) is 29.8 Å². The van der Waals surface area contributed by atoms with Crippen molar-refractivity contribution in [3.05, 3.63) is 64.1 Å². The van der Waals surface area contributed by atoms with Gasteiger partial charge in [-0.2, -0.15) is 0 Å². The maximum absolute atomic E-state index is 12.2. The van der Waals surface area contributed by atoms with E-state index >= 15 is 0 Å². The molecule has 0 aliphatic carbocycles. The van der Waals surface area contributed by atoms with Crippen LogP contribution in [0.4, 0.5) is 5.69 Å². The molecule has 26 heavy (non-hydrogen) atoms. The molecule has 6 nitrogen and oxygen atoms in total. The Morgan fingerprint density at radius 1 is 1.00 bits per heavy atom. The Balaban J connectivity index is 1.83. The van der Waals surface area contributed by atoms with Crippen molar-refractivity contribution in [1.29, 1.82) is 0 Å². The number of anilines is 1. The summed E-state index contributed by atoms with van der Waals surface area (Å²) in [6, 6.07) is 13.4. The third kappa shape index (κ3) is 6.00. The molecule has 2 aromatic carbocycles. The van der Waals surface area contributed by atoms with Gasteiger partial charge in [0.1, 0.15) is 6.04 Å². The van der Waals surface area contributed by atoms with Crippen molar-refractivity contribution in [2.24, 2.45) is 0 Å². The Morgan fingerprint density at radius 3 is 2.19 bits per heavy atom. The summed E-state index contributed by atoms with van der Waals surface area (Å²) in [5, 5.41) is 8.12. The molecule has 0 radical (unpaired) electrons. The van der Waals surface area contributed by atoms with Crippen molar-refractivity contribution in [2.45, 2.75) is 26.4 Å². The zero-order valence-electron chi connectivity index (χ0n) is 14.5. The number of halogens is 1. The van der Waals surface area contributed by atoms with E-state index in [2.05, 4.69) is 31.9 Å². The lowest BCUT2D eigenvalue weighted by molar-refractivity contribution is -0.122. The van der Waals surface area contributed by atoms with Crippen LogP contribution in [0.2, 0.25) is 0 Å². The van der Waals surface area contributed by atoms with E-state index in [-0.39, 0.29) is 17.7 Å². The van der Waals surface area contributed by atoms with E-state index in [1.807, 2.05) is 12.1 Å². The molecule has 0 aliphatic rings. The molecule has 2 aromatic rings. The SMILES string of the molecule is CC(=O)Nc1ccc(CNC(=O)[C@@H](C)NC(=O)c2ccc(Br)cc2)cc1. The van der Waals surface area contributed by atoms with Gasteiger partial charge in [0, 0.05) is 29.2 Å². The molecule has 0 unspecified atom stereocenters. The molecule has 0 saturated carbocycles. The summed E-state index contributed by atoms with van der Waals surface area (Å²) in [5.74, 6) is -0.720. The quantitative estimate of drug-likeness (QED) is 0.674. The summed E-state index contributed by atoms with van der Waals surface area (Å²) in [4.78, 5) is 35.3. The Kier molecular flexibility index (Phi) is 6.91. The van der Waals surface area contributed by atoms with E-state index in [0.717, 1.165) is 10.0 Å². The topological polar surface area (TPSA) is 87.3 Å². The van der Waals surface area contributed by atoms with Gasteiger partial charge in [0.25, 0.3) is 5.91 Å². The van der Waals surface area contributed by atoms with E-state index in [4.69, 9.17) is 0 Å². The van der Waals surface area contributed by atoms with Gasteiger partial charge >= 0.3 is 0 Å². The maximum atomic E-state index is 12.2. The van der Waals surface area contributed by atoms with Gasteiger partial charge in [-0.25, -0.2) is 0 Å². The Bertz CT molecular complexity index is 789. The highest BCUT2D eigenvalue weighted by Crippen LogP contribution is 2.11. The molecular formula is C19H20BrN3O3. The first-order chi connectivity index (χ1) is 12.3. The van der Waals surface area contributed by atoms with E-state index in [1.54, 1.807) is 43.3 Å².